The fraction of sp³-hybridized carbons (Fsp3) is 0.900. The van der Waals surface area contributed by atoms with Crippen LogP contribution in [0.3, 0.4) is 0 Å². The molecule has 2 N–H and O–H groups in total. The lowest BCUT2D eigenvalue weighted by atomic mass is 10.00. The monoisotopic (exact) mass is 215 g/mol. The summed E-state index contributed by atoms with van der Waals surface area (Å²) in [6.07, 6.45) is 1.08. The number of likely N-dealkylation sites (N-methyl/N-ethyl adjacent to an activating group) is 1. The molecule has 0 radical (unpaired) electrons. The molecule has 2 rings (SSSR count). The van der Waals surface area contributed by atoms with Gasteiger partial charge in [-0.2, -0.15) is 0 Å². The molecule has 2 aliphatic heterocycles. The van der Waals surface area contributed by atoms with Gasteiger partial charge in [-0.15, -0.1) is 0 Å². The molecular weight excluding hydrogens is 198 g/mol. The average Bonchev–Trinajstić information content (AvgIpc) is 2.26. The molecule has 5 heteroatoms. The Morgan fingerprint density at radius 1 is 1.53 bits per heavy atom. The summed E-state index contributed by atoms with van der Waals surface area (Å²) in [5.74, 6) is -1.89. The highest BCUT2D eigenvalue weighted by atomic mass is 16.7. The number of nitrogens with zero attached hydrogens (tertiary/aromatic N) is 1. The molecule has 86 valence electrons. The molecule has 2 saturated heterocycles. The summed E-state index contributed by atoms with van der Waals surface area (Å²) >= 11 is 0. The normalized spacial score (nSPS) is 45.5. The Bertz CT molecular complexity index is 283. The third kappa shape index (κ3) is 1.75. The maximum absolute atomic E-state index is 10.9. The van der Waals surface area contributed by atoms with Crippen LogP contribution < -0.4 is 0 Å². The molecule has 2 aliphatic rings. The summed E-state index contributed by atoms with van der Waals surface area (Å²) in [5.41, 5.74) is 0. The number of ether oxygens (including phenoxy) is 1. The second-order valence-corrected chi connectivity index (χ2v) is 4.60. The van der Waals surface area contributed by atoms with Gasteiger partial charge in [0.25, 0.3) is 0 Å². The molecule has 0 spiro atoms. The molecular formula is C10H17NO4. The first-order valence-corrected chi connectivity index (χ1v) is 5.24. The van der Waals surface area contributed by atoms with Crippen LogP contribution in [0.1, 0.15) is 26.2 Å². The Balaban J connectivity index is 2.19. The fourth-order valence-corrected chi connectivity index (χ4v) is 2.82. The van der Waals surface area contributed by atoms with E-state index >= 15 is 0 Å². The van der Waals surface area contributed by atoms with Gasteiger partial charge >= 0.3 is 5.97 Å². The van der Waals surface area contributed by atoms with Crippen LogP contribution in [0.15, 0.2) is 0 Å². The van der Waals surface area contributed by atoms with Crippen molar-refractivity contribution in [3.63, 3.8) is 0 Å². The second-order valence-electron chi connectivity index (χ2n) is 4.60. The van der Waals surface area contributed by atoms with Crippen molar-refractivity contribution in [3.8, 4) is 0 Å². The van der Waals surface area contributed by atoms with Crippen LogP contribution in [0.2, 0.25) is 0 Å². The Morgan fingerprint density at radius 2 is 2.20 bits per heavy atom. The summed E-state index contributed by atoms with van der Waals surface area (Å²) in [6, 6.07) is -0.182. The zero-order valence-electron chi connectivity index (χ0n) is 9.01. The number of carbonyl (C=O) groups excluding carboxylic acids is 1. The third-order valence-corrected chi connectivity index (χ3v) is 3.48. The van der Waals surface area contributed by atoms with Gasteiger partial charge in [0.1, 0.15) is 0 Å². The fourth-order valence-electron chi connectivity index (χ4n) is 2.82. The minimum atomic E-state index is -1.41. The van der Waals surface area contributed by atoms with Gasteiger partial charge in [0.05, 0.1) is 12.1 Å². The molecule has 0 unspecified atom stereocenters. The Labute approximate surface area is 88.6 Å². The van der Waals surface area contributed by atoms with Crippen LogP contribution in [-0.2, 0) is 9.53 Å². The first kappa shape index (κ1) is 10.9. The number of aliphatic hydroxyl groups is 2. The van der Waals surface area contributed by atoms with Crippen molar-refractivity contribution in [3.05, 3.63) is 0 Å². The van der Waals surface area contributed by atoms with Gasteiger partial charge < -0.3 is 14.9 Å². The molecule has 2 fully saturated rings. The van der Waals surface area contributed by atoms with Crippen LogP contribution >= 0.6 is 0 Å². The maximum atomic E-state index is 10.9. The van der Waals surface area contributed by atoms with Gasteiger partial charge in [0.15, 0.2) is 0 Å². The van der Waals surface area contributed by atoms with E-state index in [4.69, 9.17) is 4.74 Å². The number of carbonyl (C=O) groups is 1. The summed E-state index contributed by atoms with van der Waals surface area (Å²) < 4.78 is 5.00. The van der Waals surface area contributed by atoms with Gasteiger partial charge in [-0.25, -0.2) is 0 Å². The summed E-state index contributed by atoms with van der Waals surface area (Å²) in [5, 5.41) is 19.8. The number of fused-ring (bicyclic) bond motifs is 2. The van der Waals surface area contributed by atoms with E-state index in [9.17, 15) is 15.0 Å². The topological polar surface area (TPSA) is 70.0 Å². The number of esters is 1. The highest BCUT2D eigenvalue weighted by Crippen LogP contribution is 2.41. The van der Waals surface area contributed by atoms with E-state index in [1.165, 1.54) is 6.92 Å². The second kappa shape index (κ2) is 3.43. The summed E-state index contributed by atoms with van der Waals surface area (Å²) in [7, 11) is 1.89. The largest absolute Gasteiger partial charge is 0.432 e. The van der Waals surface area contributed by atoms with E-state index in [1.54, 1.807) is 0 Å². The van der Waals surface area contributed by atoms with E-state index in [0.717, 1.165) is 0 Å². The quantitative estimate of drug-likeness (QED) is 0.454. The smallest absolute Gasteiger partial charge is 0.305 e. The van der Waals surface area contributed by atoms with Crippen molar-refractivity contribution in [2.75, 3.05) is 7.05 Å². The van der Waals surface area contributed by atoms with Crippen molar-refractivity contribution in [1.29, 1.82) is 0 Å². The van der Waals surface area contributed by atoms with E-state index < -0.39 is 17.9 Å². The standard InChI is InChI=1S/C10H17NO4/c1-6(12)15-10(14)5-7-3-8(13)4-9(10)11(7)2/h7-9,13-14H,3-5H2,1-2H3/t7-,8+,9+,10-/m0/s1. The SMILES string of the molecule is CC(=O)O[C@@]1(O)C[C@@H]2C[C@@H](O)C[C@H]1N2C. The number of hydrogen-bond acceptors (Lipinski definition) is 5. The minimum Gasteiger partial charge on any atom is -0.432 e. The summed E-state index contributed by atoms with van der Waals surface area (Å²) in [4.78, 5) is 12.9. The van der Waals surface area contributed by atoms with Gasteiger partial charge in [-0.1, -0.05) is 0 Å². The third-order valence-electron chi connectivity index (χ3n) is 3.48. The predicted octanol–water partition coefficient (Wildman–Crippen LogP) is -0.535. The minimum absolute atomic E-state index is 0.100. The van der Waals surface area contributed by atoms with Crippen molar-refractivity contribution in [1.82, 2.24) is 4.90 Å². The number of aliphatic hydroxyl groups excluding tert-OH is 1. The van der Waals surface area contributed by atoms with E-state index in [2.05, 4.69) is 0 Å². The molecule has 0 saturated carbocycles. The molecule has 5 nitrogen and oxygen atoms in total. The lowest BCUT2D eigenvalue weighted by Crippen LogP contribution is -2.50. The Kier molecular flexibility index (Phi) is 2.48. The molecule has 0 aliphatic carbocycles. The predicted molar refractivity (Wildman–Crippen MR) is 51.9 cm³/mol. The van der Waals surface area contributed by atoms with Crippen LogP contribution in [0.5, 0.6) is 0 Å². The highest BCUT2D eigenvalue weighted by molar-refractivity contribution is 5.66. The van der Waals surface area contributed by atoms with Crippen LogP contribution in [0, 0.1) is 0 Å². The van der Waals surface area contributed by atoms with E-state index in [-0.39, 0.29) is 12.1 Å². The first-order valence-electron chi connectivity index (χ1n) is 5.24. The molecule has 2 heterocycles. The van der Waals surface area contributed by atoms with Crippen LogP contribution in [-0.4, -0.2) is 52.1 Å². The zero-order valence-corrected chi connectivity index (χ0v) is 9.01. The lowest BCUT2D eigenvalue weighted by Gasteiger charge is -2.36. The first-order chi connectivity index (χ1) is 6.92. The van der Waals surface area contributed by atoms with Gasteiger partial charge in [0.2, 0.25) is 5.79 Å². The van der Waals surface area contributed by atoms with Crippen molar-refractivity contribution in [2.24, 2.45) is 0 Å². The molecule has 0 aromatic rings. The number of hydrogen-bond donors (Lipinski definition) is 2. The molecule has 2 bridgehead atoms. The molecule has 0 aromatic carbocycles. The molecule has 0 aromatic heterocycles. The van der Waals surface area contributed by atoms with Gasteiger partial charge in [0, 0.05) is 19.4 Å². The van der Waals surface area contributed by atoms with E-state index in [1.807, 2.05) is 11.9 Å². The molecule has 15 heavy (non-hydrogen) atoms. The van der Waals surface area contributed by atoms with Gasteiger partial charge in [-0.05, 0) is 19.9 Å². The Hall–Kier alpha value is -0.650. The maximum Gasteiger partial charge on any atom is 0.305 e. The van der Waals surface area contributed by atoms with Gasteiger partial charge in [-0.3, -0.25) is 9.69 Å². The number of piperidine rings is 1. The van der Waals surface area contributed by atoms with Crippen molar-refractivity contribution in [2.45, 2.75) is 50.2 Å². The highest BCUT2D eigenvalue weighted by Gasteiger charge is 2.55. The lowest BCUT2D eigenvalue weighted by molar-refractivity contribution is -0.217. The number of rotatable bonds is 1. The summed E-state index contributed by atoms with van der Waals surface area (Å²) in [6.45, 7) is 1.29. The average molecular weight is 215 g/mol. The molecule has 4 atom stereocenters. The molecule has 0 amide bonds. The van der Waals surface area contributed by atoms with E-state index in [0.29, 0.717) is 19.3 Å². The van der Waals surface area contributed by atoms with Crippen molar-refractivity contribution < 1.29 is 19.7 Å². The zero-order chi connectivity index (χ0) is 11.2. The van der Waals surface area contributed by atoms with Crippen molar-refractivity contribution >= 4 is 5.97 Å². The van der Waals surface area contributed by atoms with Crippen LogP contribution in [0.25, 0.3) is 0 Å². The van der Waals surface area contributed by atoms with Crippen LogP contribution in [0.4, 0.5) is 0 Å². The Morgan fingerprint density at radius 3 is 2.80 bits per heavy atom.